The number of hydrogen-bond acceptors (Lipinski definition) is 4. The molecule has 1 aliphatic rings. The van der Waals surface area contributed by atoms with Crippen LogP contribution < -0.4 is 10.1 Å². The average Bonchev–Trinajstić information content (AvgIpc) is 2.64. The highest BCUT2D eigenvalue weighted by atomic mass is 19.1. The Hall–Kier alpha value is -2.77. The Kier molecular flexibility index (Phi) is 5.60. The topological polar surface area (TPSA) is 67.3 Å². The molecule has 6 nitrogen and oxygen atoms in total. The van der Waals surface area contributed by atoms with Crippen LogP contribution in [0.5, 0.6) is 6.01 Å². The van der Waals surface area contributed by atoms with Gasteiger partial charge in [-0.2, -0.15) is 0 Å². The minimum absolute atomic E-state index is 0.102. The highest BCUT2D eigenvalue weighted by Crippen LogP contribution is 2.21. The molecular formula is C18H20F2N4O2. The average molecular weight is 362 g/mol. The first-order valence-corrected chi connectivity index (χ1v) is 8.44. The molecule has 1 N–H and O–H groups in total. The molecule has 0 aliphatic carbocycles. The summed E-state index contributed by atoms with van der Waals surface area (Å²) in [7, 11) is 0. The van der Waals surface area contributed by atoms with Crippen LogP contribution in [0.15, 0.2) is 30.6 Å². The molecule has 26 heavy (non-hydrogen) atoms. The molecule has 1 fully saturated rings. The molecule has 3 rings (SSSR count). The van der Waals surface area contributed by atoms with E-state index in [1.165, 1.54) is 6.07 Å². The van der Waals surface area contributed by atoms with Crippen LogP contribution in [-0.2, 0) is 0 Å². The van der Waals surface area contributed by atoms with E-state index in [4.69, 9.17) is 4.74 Å². The van der Waals surface area contributed by atoms with Gasteiger partial charge < -0.3 is 15.0 Å². The largest absolute Gasteiger partial charge is 0.463 e. The van der Waals surface area contributed by atoms with Gasteiger partial charge in [0.15, 0.2) is 0 Å². The fourth-order valence-electron chi connectivity index (χ4n) is 2.84. The summed E-state index contributed by atoms with van der Waals surface area (Å²) in [4.78, 5) is 22.1. The van der Waals surface area contributed by atoms with E-state index in [0.29, 0.717) is 25.7 Å². The molecule has 138 valence electrons. The number of aryl methyl sites for hydroxylation is 1. The summed E-state index contributed by atoms with van der Waals surface area (Å²) in [5, 5.41) is 2.32. The van der Waals surface area contributed by atoms with Crippen molar-refractivity contribution in [2.45, 2.75) is 19.8 Å². The molecule has 2 amide bonds. The van der Waals surface area contributed by atoms with Gasteiger partial charge in [-0.3, -0.25) is 0 Å². The van der Waals surface area contributed by atoms with Crippen molar-refractivity contribution in [1.82, 2.24) is 14.9 Å². The zero-order valence-corrected chi connectivity index (χ0v) is 14.4. The lowest BCUT2D eigenvalue weighted by atomic mass is 9.99. The number of rotatable bonds is 4. The molecule has 1 unspecified atom stereocenters. The number of anilines is 1. The van der Waals surface area contributed by atoms with Crippen LogP contribution >= 0.6 is 0 Å². The van der Waals surface area contributed by atoms with Crippen molar-refractivity contribution in [3.63, 3.8) is 0 Å². The number of para-hydroxylation sites is 1. The van der Waals surface area contributed by atoms with E-state index >= 15 is 0 Å². The number of aromatic nitrogens is 2. The van der Waals surface area contributed by atoms with E-state index in [9.17, 15) is 13.6 Å². The van der Waals surface area contributed by atoms with Crippen molar-refractivity contribution >= 4 is 11.7 Å². The summed E-state index contributed by atoms with van der Waals surface area (Å²) in [6, 6.07) is 3.23. The molecule has 1 aliphatic heterocycles. The summed E-state index contributed by atoms with van der Waals surface area (Å²) < 4.78 is 33.0. The first kappa shape index (κ1) is 18.0. The maximum absolute atomic E-state index is 13.7. The lowest BCUT2D eigenvalue weighted by Crippen LogP contribution is -2.44. The summed E-state index contributed by atoms with van der Waals surface area (Å²) in [5.41, 5.74) is 0.516. The van der Waals surface area contributed by atoms with Gasteiger partial charge in [-0.1, -0.05) is 6.07 Å². The van der Waals surface area contributed by atoms with Crippen molar-refractivity contribution in [1.29, 1.82) is 0 Å². The van der Waals surface area contributed by atoms with Gasteiger partial charge in [0.2, 0.25) is 0 Å². The molecule has 2 heterocycles. The number of piperidine rings is 1. The molecule has 1 aromatic carbocycles. The third-order valence-electron chi connectivity index (χ3n) is 4.21. The summed E-state index contributed by atoms with van der Waals surface area (Å²) >= 11 is 0. The predicted molar refractivity (Wildman–Crippen MR) is 91.9 cm³/mol. The van der Waals surface area contributed by atoms with Gasteiger partial charge in [0.25, 0.3) is 0 Å². The number of likely N-dealkylation sites (tertiary alicyclic amines) is 1. The Morgan fingerprint density at radius 1 is 1.31 bits per heavy atom. The predicted octanol–water partition coefficient (Wildman–Crippen LogP) is 3.39. The Bertz CT molecular complexity index is 750. The fourth-order valence-corrected chi connectivity index (χ4v) is 2.84. The zero-order valence-electron chi connectivity index (χ0n) is 14.4. The summed E-state index contributed by atoms with van der Waals surface area (Å²) in [5.74, 6) is -1.50. The second-order valence-electron chi connectivity index (χ2n) is 6.34. The van der Waals surface area contributed by atoms with Gasteiger partial charge in [0.1, 0.15) is 17.3 Å². The van der Waals surface area contributed by atoms with Crippen molar-refractivity contribution < 1.29 is 18.3 Å². The second kappa shape index (κ2) is 8.07. The Morgan fingerprint density at radius 3 is 2.69 bits per heavy atom. The molecule has 0 radical (unpaired) electrons. The smallest absolute Gasteiger partial charge is 0.322 e. The number of amides is 2. The second-order valence-corrected chi connectivity index (χ2v) is 6.34. The number of ether oxygens (including phenoxy) is 1. The van der Waals surface area contributed by atoms with Crippen LogP contribution in [0.25, 0.3) is 0 Å². The van der Waals surface area contributed by atoms with E-state index in [1.807, 2.05) is 6.92 Å². The minimum Gasteiger partial charge on any atom is -0.463 e. The maximum Gasteiger partial charge on any atom is 0.322 e. The molecule has 0 saturated carbocycles. The van der Waals surface area contributed by atoms with E-state index in [-0.39, 0.29) is 5.92 Å². The third kappa shape index (κ3) is 4.44. The summed E-state index contributed by atoms with van der Waals surface area (Å²) in [6.45, 7) is 3.23. The number of carbonyl (C=O) groups is 1. The standard InChI is InChI=1S/C18H20F2N4O2/c1-12-8-21-17(22-9-12)26-11-13-4-3-7-24(10-13)18(25)23-16-14(19)5-2-6-15(16)20/h2,5-6,8-9,13H,3-4,7,10-11H2,1H3,(H,23,25). The highest BCUT2D eigenvalue weighted by Gasteiger charge is 2.25. The molecule has 1 aromatic heterocycles. The van der Waals surface area contributed by atoms with E-state index < -0.39 is 23.4 Å². The molecular weight excluding hydrogens is 342 g/mol. The lowest BCUT2D eigenvalue weighted by Gasteiger charge is -2.32. The zero-order chi connectivity index (χ0) is 18.5. The monoisotopic (exact) mass is 362 g/mol. The number of halogens is 2. The number of carbonyl (C=O) groups excluding carboxylic acids is 1. The number of nitrogens with one attached hydrogen (secondary N) is 1. The first-order chi connectivity index (χ1) is 12.5. The van der Waals surface area contributed by atoms with Gasteiger partial charge in [-0.25, -0.2) is 23.5 Å². The Morgan fingerprint density at radius 2 is 2.00 bits per heavy atom. The van der Waals surface area contributed by atoms with Crippen LogP contribution in [0, 0.1) is 24.5 Å². The van der Waals surface area contributed by atoms with Gasteiger partial charge in [-0.15, -0.1) is 0 Å². The molecule has 0 bridgehead atoms. The quantitative estimate of drug-likeness (QED) is 0.905. The van der Waals surface area contributed by atoms with Crippen molar-refractivity contribution in [2.24, 2.45) is 5.92 Å². The molecule has 1 atom stereocenters. The molecule has 2 aromatic rings. The van der Waals surface area contributed by atoms with Crippen LogP contribution in [0.3, 0.4) is 0 Å². The van der Waals surface area contributed by atoms with Crippen molar-refractivity contribution in [2.75, 3.05) is 25.0 Å². The Labute approximate surface area is 150 Å². The number of urea groups is 1. The van der Waals surface area contributed by atoms with Crippen molar-refractivity contribution in [3.05, 3.63) is 47.8 Å². The normalized spacial score (nSPS) is 17.0. The van der Waals surface area contributed by atoms with Gasteiger partial charge in [0, 0.05) is 31.4 Å². The van der Waals surface area contributed by atoms with E-state index in [1.54, 1.807) is 17.3 Å². The van der Waals surface area contributed by atoms with Crippen molar-refractivity contribution in [3.8, 4) is 6.01 Å². The van der Waals surface area contributed by atoms with Gasteiger partial charge in [0.05, 0.1) is 6.61 Å². The maximum atomic E-state index is 13.7. The Balaban J connectivity index is 1.55. The number of hydrogen-bond donors (Lipinski definition) is 1. The molecule has 8 heteroatoms. The van der Waals surface area contributed by atoms with E-state index in [2.05, 4.69) is 15.3 Å². The van der Waals surface area contributed by atoms with Crippen LogP contribution in [-0.4, -0.2) is 40.6 Å². The van der Waals surface area contributed by atoms with E-state index in [0.717, 1.165) is 30.5 Å². The fraction of sp³-hybridized carbons (Fsp3) is 0.389. The minimum atomic E-state index is -0.799. The SMILES string of the molecule is Cc1cnc(OCC2CCCN(C(=O)Nc3c(F)cccc3F)C2)nc1. The van der Waals surface area contributed by atoms with Crippen LogP contribution in [0.1, 0.15) is 18.4 Å². The van der Waals surface area contributed by atoms with Crippen LogP contribution in [0.2, 0.25) is 0 Å². The number of nitrogens with zero attached hydrogens (tertiary/aromatic N) is 3. The summed E-state index contributed by atoms with van der Waals surface area (Å²) in [6.07, 6.45) is 5.03. The molecule has 1 saturated heterocycles. The van der Waals surface area contributed by atoms with Crippen LogP contribution in [0.4, 0.5) is 19.3 Å². The highest BCUT2D eigenvalue weighted by molar-refractivity contribution is 5.89. The first-order valence-electron chi connectivity index (χ1n) is 8.44. The molecule has 0 spiro atoms. The number of benzene rings is 1. The van der Waals surface area contributed by atoms with Gasteiger partial charge in [-0.05, 0) is 37.5 Å². The van der Waals surface area contributed by atoms with Gasteiger partial charge >= 0.3 is 12.0 Å². The lowest BCUT2D eigenvalue weighted by molar-refractivity contribution is 0.140. The third-order valence-corrected chi connectivity index (χ3v) is 4.21.